The Morgan fingerprint density at radius 1 is 1.47 bits per heavy atom. The minimum Gasteiger partial charge on any atom is -0.266 e. The number of halogens is 1. The predicted octanol–water partition coefficient (Wildman–Crippen LogP) is 4.38. The maximum absolute atomic E-state index is 12.0. The van der Waals surface area contributed by atoms with E-state index in [-0.39, 0.29) is 5.91 Å². The molecule has 0 unspecified atom stereocenters. The number of benzene rings is 1. The number of rotatable bonds is 3. The number of thiophene rings is 1. The van der Waals surface area contributed by atoms with Crippen molar-refractivity contribution in [3.8, 4) is 0 Å². The van der Waals surface area contributed by atoms with Crippen LogP contribution in [0.3, 0.4) is 0 Å². The van der Waals surface area contributed by atoms with Crippen LogP contribution in [0, 0.1) is 6.92 Å². The molecule has 1 aromatic heterocycles. The third-order valence-corrected chi connectivity index (χ3v) is 4.51. The summed E-state index contributed by atoms with van der Waals surface area (Å²) in [6.45, 7) is 5.87. The lowest BCUT2D eigenvalue weighted by molar-refractivity contribution is 0.0959. The van der Waals surface area contributed by atoms with Crippen molar-refractivity contribution >= 4 is 44.6 Å². The van der Waals surface area contributed by atoms with Crippen LogP contribution in [0.15, 0.2) is 23.3 Å². The lowest BCUT2D eigenvalue weighted by atomic mass is 10.2. The molecule has 0 bridgehead atoms. The van der Waals surface area contributed by atoms with Crippen molar-refractivity contribution in [1.82, 2.24) is 5.43 Å². The number of nitrogens with zero attached hydrogens (tertiary/aromatic N) is 1. The number of carbonyl (C=O) groups excluding carboxylic acids is 1. The summed E-state index contributed by atoms with van der Waals surface area (Å²) in [4.78, 5) is 12.6. The van der Waals surface area contributed by atoms with Gasteiger partial charge in [0, 0.05) is 15.8 Å². The highest BCUT2D eigenvalue weighted by Crippen LogP contribution is 2.35. The summed E-state index contributed by atoms with van der Waals surface area (Å²) in [6.07, 6.45) is 0.805. The van der Waals surface area contributed by atoms with Crippen molar-refractivity contribution in [2.75, 3.05) is 0 Å². The van der Waals surface area contributed by atoms with Crippen molar-refractivity contribution in [1.29, 1.82) is 0 Å². The molecule has 3 nitrogen and oxygen atoms in total. The Kier molecular flexibility index (Phi) is 4.22. The highest BCUT2D eigenvalue weighted by molar-refractivity contribution is 7.21. The Balaban J connectivity index is 2.35. The first-order chi connectivity index (χ1) is 9.02. The van der Waals surface area contributed by atoms with Gasteiger partial charge in [0.05, 0.1) is 5.02 Å². The van der Waals surface area contributed by atoms with Gasteiger partial charge in [-0.3, -0.25) is 4.79 Å². The van der Waals surface area contributed by atoms with Crippen LogP contribution in [0.25, 0.3) is 10.1 Å². The normalized spacial score (nSPS) is 11.9. The van der Waals surface area contributed by atoms with Crippen LogP contribution in [-0.4, -0.2) is 11.6 Å². The first kappa shape index (κ1) is 14.0. The van der Waals surface area contributed by atoms with E-state index in [1.807, 2.05) is 39.0 Å². The second-order valence-corrected chi connectivity index (χ2v) is 5.82. The van der Waals surface area contributed by atoms with Crippen LogP contribution in [0.4, 0.5) is 0 Å². The van der Waals surface area contributed by atoms with E-state index in [4.69, 9.17) is 11.6 Å². The minimum absolute atomic E-state index is 0.253. The van der Waals surface area contributed by atoms with Gasteiger partial charge in [-0.25, -0.2) is 5.43 Å². The van der Waals surface area contributed by atoms with E-state index < -0.39 is 0 Å². The molecule has 0 atom stereocenters. The van der Waals surface area contributed by atoms with Crippen molar-refractivity contribution in [2.45, 2.75) is 27.2 Å². The monoisotopic (exact) mass is 294 g/mol. The van der Waals surface area contributed by atoms with Crippen LogP contribution in [0.2, 0.25) is 5.02 Å². The van der Waals surface area contributed by atoms with Gasteiger partial charge < -0.3 is 0 Å². The summed E-state index contributed by atoms with van der Waals surface area (Å²) in [5, 5.41) is 5.43. The third kappa shape index (κ3) is 2.96. The zero-order chi connectivity index (χ0) is 14.0. The molecule has 19 heavy (non-hydrogen) atoms. The molecule has 0 spiro atoms. The molecule has 0 saturated carbocycles. The number of carbonyl (C=O) groups is 1. The number of hydrazone groups is 1. The molecule has 0 aliphatic carbocycles. The zero-order valence-electron chi connectivity index (χ0n) is 11.1. The summed E-state index contributed by atoms with van der Waals surface area (Å²) in [6, 6.07) is 5.96. The van der Waals surface area contributed by atoms with Crippen molar-refractivity contribution in [3.05, 3.63) is 33.7 Å². The maximum atomic E-state index is 12.0. The number of hydrogen-bond acceptors (Lipinski definition) is 3. The average molecular weight is 295 g/mol. The molecule has 0 aliphatic rings. The zero-order valence-corrected chi connectivity index (χ0v) is 12.7. The summed E-state index contributed by atoms with van der Waals surface area (Å²) >= 11 is 7.65. The van der Waals surface area contributed by atoms with Crippen LogP contribution >= 0.6 is 22.9 Å². The lowest BCUT2D eigenvalue weighted by Crippen LogP contribution is -2.18. The number of hydrogen-bond donors (Lipinski definition) is 1. The van der Waals surface area contributed by atoms with Crippen molar-refractivity contribution < 1.29 is 4.79 Å². The molecule has 0 radical (unpaired) electrons. The van der Waals surface area contributed by atoms with Gasteiger partial charge in [-0.15, -0.1) is 11.3 Å². The highest BCUT2D eigenvalue weighted by atomic mass is 35.5. The first-order valence-electron chi connectivity index (χ1n) is 6.05. The average Bonchev–Trinajstić information content (AvgIpc) is 2.72. The summed E-state index contributed by atoms with van der Waals surface area (Å²) in [7, 11) is 0. The topological polar surface area (TPSA) is 41.5 Å². The van der Waals surface area contributed by atoms with Gasteiger partial charge in [0.25, 0.3) is 5.91 Å². The summed E-state index contributed by atoms with van der Waals surface area (Å²) < 4.78 is 1.02. The number of nitrogens with one attached hydrogen (secondary N) is 1. The fourth-order valence-corrected chi connectivity index (χ4v) is 3.10. The fourth-order valence-electron chi connectivity index (χ4n) is 1.59. The molecule has 2 rings (SSSR count). The van der Waals surface area contributed by atoms with E-state index in [0.29, 0.717) is 9.90 Å². The highest BCUT2D eigenvalue weighted by Gasteiger charge is 2.16. The predicted molar refractivity (Wildman–Crippen MR) is 82.4 cm³/mol. The molecule has 5 heteroatoms. The van der Waals surface area contributed by atoms with Crippen LogP contribution in [0.1, 0.15) is 35.5 Å². The number of fused-ring (bicyclic) bond motifs is 1. The lowest BCUT2D eigenvalue weighted by Gasteiger charge is -1.99. The van der Waals surface area contributed by atoms with E-state index in [9.17, 15) is 4.79 Å². The molecule has 1 heterocycles. The van der Waals surface area contributed by atoms with Crippen molar-refractivity contribution in [2.24, 2.45) is 5.10 Å². The standard InChI is InChI=1S/C14H15ClN2OS/c1-4-9(3)16-17-14(18)13-12(15)10-6-5-8(2)7-11(10)19-13/h5-7H,4H2,1-3H3,(H,17,18). The molecular weight excluding hydrogens is 280 g/mol. The Hall–Kier alpha value is -1.39. The van der Waals surface area contributed by atoms with E-state index in [2.05, 4.69) is 10.5 Å². The molecule has 0 saturated heterocycles. The van der Waals surface area contributed by atoms with E-state index in [0.717, 1.165) is 27.8 Å². The van der Waals surface area contributed by atoms with Crippen LogP contribution in [0.5, 0.6) is 0 Å². The van der Waals surface area contributed by atoms with E-state index in [1.54, 1.807) is 0 Å². The smallest absolute Gasteiger partial charge is 0.266 e. The Morgan fingerprint density at radius 3 is 2.89 bits per heavy atom. The molecule has 1 N–H and O–H groups in total. The number of aryl methyl sites for hydroxylation is 1. The molecular formula is C14H15ClN2OS. The van der Waals surface area contributed by atoms with Gasteiger partial charge in [-0.2, -0.15) is 5.10 Å². The SMILES string of the molecule is CCC(C)=NNC(=O)c1sc2cc(C)ccc2c1Cl. The molecule has 0 fully saturated rings. The van der Waals surface area contributed by atoms with Crippen molar-refractivity contribution in [3.63, 3.8) is 0 Å². The number of amides is 1. The maximum Gasteiger partial charge on any atom is 0.283 e. The largest absolute Gasteiger partial charge is 0.283 e. The van der Waals surface area contributed by atoms with E-state index in [1.165, 1.54) is 11.3 Å². The van der Waals surface area contributed by atoms with Gasteiger partial charge in [0.15, 0.2) is 0 Å². The van der Waals surface area contributed by atoms with Gasteiger partial charge >= 0.3 is 0 Å². The van der Waals surface area contributed by atoms with Gasteiger partial charge in [0.1, 0.15) is 4.88 Å². The van der Waals surface area contributed by atoms with Crippen LogP contribution in [-0.2, 0) is 0 Å². The Labute approximate surface area is 121 Å². The summed E-state index contributed by atoms with van der Waals surface area (Å²) in [5.74, 6) is -0.253. The third-order valence-electron chi connectivity index (χ3n) is 2.85. The molecule has 100 valence electrons. The summed E-state index contributed by atoms with van der Waals surface area (Å²) in [5.41, 5.74) is 4.57. The van der Waals surface area contributed by atoms with Gasteiger partial charge in [0.2, 0.25) is 0 Å². The molecule has 1 aromatic carbocycles. The molecule has 0 aliphatic heterocycles. The quantitative estimate of drug-likeness (QED) is 0.662. The van der Waals surface area contributed by atoms with Crippen LogP contribution < -0.4 is 5.43 Å². The van der Waals surface area contributed by atoms with Gasteiger partial charge in [-0.05, 0) is 31.9 Å². The minimum atomic E-state index is -0.253. The fraction of sp³-hybridized carbons (Fsp3) is 0.286. The second kappa shape index (κ2) is 5.72. The molecule has 1 amide bonds. The molecule has 2 aromatic rings. The Morgan fingerprint density at radius 2 is 2.21 bits per heavy atom. The van der Waals surface area contributed by atoms with Gasteiger partial charge in [-0.1, -0.05) is 30.7 Å². The Bertz CT molecular complexity index is 661. The van der Waals surface area contributed by atoms with E-state index >= 15 is 0 Å². The first-order valence-corrected chi connectivity index (χ1v) is 7.24. The second-order valence-electron chi connectivity index (χ2n) is 4.39.